The lowest BCUT2D eigenvalue weighted by molar-refractivity contribution is 1.25. The van der Waals surface area contributed by atoms with Gasteiger partial charge < -0.3 is 9.97 Å². The van der Waals surface area contributed by atoms with Gasteiger partial charge in [0.1, 0.15) is 5.82 Å². The highest BCUT2D eigenvalue weighted by Gasteiger charge is 2.10. The Morgan fingerprint density at radius 1 is 0.952 bits per heavy atom. The molecule has 4 nitrogen and oxygen atoms in total. The number of nitrogens with zero attached hydrogens (tertiary/aromatic N) is 1. The number of fused-ring (bicyclic) bond motifs is 2. The molecule has 4 aromatic rings. The second-order valence-electron chi connectivity index (χ2n) is 4.85. The van der Waals surface area contributed by atoms with Gasteiger partial charge in [-0.2, -0.15) is 0 Å². The predicted molar refractivity (Wildman–Crippen MR) is 87.4 cm³/mol. The molecule has 0 amide bonds. The van der Waals surface area contributed by atoms with Gasteiger partial charge in [0, 0.05) is 9.99 Å². The molecule has 2 aromatic carbocycles. The van der Waals surface area contributed by atoms with E-state index in [1.54, 1.807) is 0 Å². The summed E-state index contributed by atoms with van der Waals surface area (Å²) in [4.78, 5) is 22.8. The lowest BCUT2D eigenvalue weighted by Gasteiger charge is -2.00. The summed E-state index contributed by atoms with van der Waals surface area (Å²) in [6.07, 6.45) is 0. The number of pyridine rings is 1. The van der Waals surface area contributed by atoms with Crippen molar-refractivity contribution in [3.63, 3.8) is 0 Å². The van der Waals surface area contributed by atoms with Crippen molar-refractivity contribution in [2.45, 2.75) is 0 Å². The summed E-state index contributed by atoms with van der Waals surface area (Å²) in [7, 11) is 0. The molecule has 0 aliphatic heterocycles. The third kappa shape index (κ3) is 2.06. The van der Waals surface area contributed by atoms with Crippen molar-refractivity contribution in [2.24, 2.45) is 0 Å². The third-order valence-electron chi connectivity index (χ3n) is 3.45. The minimum Gasteiger partial charge on any atom is -0.338 e. The van der Waals surface area contributed by atoms with Gasteiger partial charge in [0.25, 0.3) is 5.56 Å². The topological polar surface area (TPSA) is 61.5 Å². The molecule has 21 heavy (non-hydrogen) atoms. The number of hydrogen-bond acceptors (Lipinski definition) is 2. The van der Waals surface area contributed by atoms with Crippen LogP contribution in [0.5, 0.6) is 0 Å². The molecular formula is C16H10BrN3O. The Morgan fingerprint density at radius 2 is 1.81 bits per heavy atom. The van der Waals surface area contributed by atoms with Crippen LogP contribution in [0.2, 0.25) is 0 Å². The highest BCUT2D eigenvalue weighted by molar-refractivity contribution is 9.10. The zero-order valence-corrected chi connectivity index (χ0v) is 12.4. The van der Waals surface area contributed by atoms with Gasteiger partial charge in [0.2, 0.25) is 0 Å². The van der Waals surface area contributed by atoms with Crippen LogP contribution in [0, 0.1) is 0 Å². The quantitative estimate of drug-likeness (QED) is 0.553. The van der Waals surface area contributed by atoms with Crippen LogP contribution in [0.3, 0.4) is 0 Å². The minimum atomic E-state index is -0.146. The van der Waals surface area contributed by atoms with E-state index < -0.39 is 0 Å². The molecule has 4 rings (SSSR count). The summed E-state index contributed by atoms with van der Waals surface area (Å²) < 4.78 is 0.970. The molecule has 0 unspecified atom stereocenters. The Bertz CT molecular complexity index is 1030. The van der Waals surface area contributed by atoms with Gasteiger partial charge in [-0.05, 0) is 35.7 Å². The van der Waals surface area contributed by atoms with Gasteiger partial charge in [-0.3, -0.25) is 4.79 Å². The largest absolute Gasteiger partial charge is 0.338 e. The van der Waals surface area contributed by atoms with Gasteiger partial charge in [-0.25, -0.2) is 4.98 Å². The summed E-state index contributed by atoms with van der Waals surface area (Å²) in [5, 5.41) is 0.980. The molecule has 0 aliphatic carbocycles. The molecular weight excluding hydrogens is 330 g/mol. The molecule has 0 atom stereocenters. The number of aromatic nitrogens is 3. The molecule has 0 spiro atoms. The molecule has 5 heteroatoms. The minimum absolute atomic E-state index is 0.146. The van der Waals surface area contributed by atoms with Crippen molar-refractivity contribution in [1.29, 1.82) is 0 Å². The van der Waals surface area contributed by atoms with Crippen LogP contribution in [-0.4, -0.2) is 15.0 Å². The number of H-pyrrole nitrogens is 2. The molecule has 0 bridgehead atoms. The van der Waals surface area contributed by atoms with Crippen LogP contribution in [0.1, 0.15) is 0 Å². The lowest BCUT2D eigenvalue weighted by Crippen LogP contribution is -2.09. The van der Waals surface area contributed by atoms with E-state index in [0.717, 1.165) is 26.4 Å². The van der Waals surface area contributed by atoms with Crippen molar-refractivity contribution in [3.8, 4) is 11.4 Å². The van der Waals surface area contributed by atoms with Crippen LogP contribution in [0.25, 0.3) is 33.3 Å². The van der Waals surface area contributed by atoms with Crippen molar-refractivity contribution in [2.75, 3.05) is 0 Å². The SMILES string of the molecule is O=c1[nH]c2ccccc2cc1-c1nc2ccc(Br)cc2[nH]1. The zero-order valence-electron chi connectivity index (χ0n) is 10.9. The first kappa shape index (κ1) is 12.3. The number of rotatable bonds is 1. The maximum atomic E-state index is 12.3. The first-order chi connectivity index (χ1) is 10.2. The molecule has 2 aromatic heterocycles. The van der Waals surface area contributed by atoms with E-state index in [9.17, 15) is 4.79 Å². The van der Waals surface area contributed by atoms with Crippen molar-refractivity contribution in [3.05, 3.63) is 63.4 Å². The maximum absolute atomic E-state index is 12.3. The van der Waals surface area contributed by atoms with Crippen LogP contribution >= 0.6 is 15.9 Å². The van der Waals surface area contributed by atoms with Crippen molar-refractivity contribution in [1.82, 2.24) is 15.0 Å². The third-order valence-corrected chi connectivity index (χ3v) is 3.95. The Hall–Kier alpha value is -2.40. The van der Waals surface area contributed by atoms with E-state index in [4.69, 9.17) is 0 Å². The second kappa shape index (κ2) is 4.56. The van der Waals surface area contributed by atoms with E-state index in [2.05, 4.69) is 30.9 Å². The molecule has 0 aliphatic rings. The molecule has 2 N–H and O–H groups in total. The summed E-state index contributed by atoms with van der Waals surface area (Å²) >= 11 is 3.43. The average Bonchev–Trinajstić information content (AvgIpc) is 2.89. The summed E-state index contributed by atoms with van der Waals surface area (Å²) in [5.74, 6) is 0.579. The molecule has 0 radical (unpaired) electrons. The predicted octanol–water partition coefficient (Wildman–Crippen LogP) is 3.83. The number of halogens is 1. The standard InChI is InChI=1S/C16H10BrN3O/c17-10-5-6-13-14(8-10)19-15(18-13)11-7-9-3-1-2-4-12(9)20-16(11)21/h1-8H,(H,18,19)(H,20,21). The van der Waals surface area contributed by atoms with Crippen LogP contribution in [0.15, 0.2) is 57.8 Å². The zero-order chi connectivity index (χ0) is 14.4. The number of imidazole rings is 1. The Labute approximate surface area is 128 Å². The fourth-order valence-electron chi connectivity index (χ4n) is 2.43. The summed E-state index contributed by atoms with van der Waals surface area (Å²) in [6.45, 7) is 0. The Morgan fingerprint density at radius 3 is 2.71 bits per heavy atom. The monoisotopic (exact) mass is 339 g/mol. The summed E-state index contributed by atoms with van der Waals surface area (Å²) in [5.41, 5.74) is 2.95. The van der Waals surface area contributed by atoms with Gasteiger partial charge in [0.15, 0.2) is 0 Å². The number of benzene rings is 2. The van der Waals surface area contributed by atoms with Gasteiger partial charge >= 0.3 is 0 Å². The first-order valence-electron chi connectivity index (χ1n) is 6.48. The molecule has 0 saturated heterocycles. The van der Waals surface area contributed by atoms with Crippen LogP contribution in [-0.2, 0) is 0 Å². The van der Waals surface area contributed by atoms with E-state index in [1.165, 1.54) is 0 Å². The first-order valence-corrected chi connectivity index (χ1v) is 7.28. The molecule has 0 saturated carbocycles. The lowest BCUT2D eigenvalue weighted by atomic mass is 10.1. The number of aromatic amines is 2. The smallest absolute Gasteiger partial charge is 0.259 e. The van der Waals surface area contributed by atoms with E-state index in [0.29, 0.717) is 11.4 Å². The highest BCUT2D eigenvalue weighted by atomic mass is 79.9. The number of hydrogen-bond donors (Lipinski definition) is 2. The van der Waals surface area contributed by atoms with Gasteiger partial charge in [-0.15, -0.1) is 0 Å². The van der Waals surface area contributed by atoms with E-state index in [1.807, 2.05) is 48.5 Å². The normalized spacial score (nSPS) is 11.3. The summed E-state index contributed by atoms with van der Waals surface area (Å²) in [6, 6.07) is 15.3. The molecule has 102 valence electrons. The molecule has 0 fully saturated rings. The fraction of sp³-hybridized carbons (Fsp3) is 0. The Balaban J connectivity index is 1.99. The van der Waals surface area contributed by atoms with Crippen LogP contribution in [0.4, 0.5) is 0 Å². The molecule has 2 heterocycles. The highest BCUT2D eigenvalue weighted by Crippen LogP contribution is 2.22. The number of para-hydroxylation sites is 1. The fourth-order valence-corrected chi connectivity index (χ4v) is 2.79. The van der Waals surface area contributed by atoms with Gasteiger partial charge in [-0.1, -0.05) is 34.1 Å². The second-order valence-corrected chi connectivity index (χ2v) is 5.76. The van der Waals surface area contributed by atoms with E-state index >= 15 is 0 Å². The Kier molecular flexibility index (Phi) is 2.68. The maximum Gasteiger partial charge on any atom is 0.259 e. The van der Waals surface area contributed by atoms with Crippen molar-refractivity contribution < 1.29 is 0 Å². The van der Waals surface area contributed by atoms with Gasteiger partial charge in [0.05, 0.1) is 16.6 Å². The van der Waals surface area contributed by atoms with Crippen molar-refractivity contribution >= 4 is 37.9 Å². The van der Waals surface area contributed by atoms with Crippen LogP contribution < -0.4 is 5.56 Å². The number of nitrogens with one attached hydrogen (secondary N) is 2. The average molecular weight is 340 g/mol. The van der Waals surface area contributed by atoms with E-state index in [-0.39, 0.29) is 5.56 Å².